The molecule has 1 saturated carbocycles. The number of carboxylic acids is 1. The van der Waals surface area contributed by atoms with E-state index in [1.54, 1.807) is 0 Å². The quantitative estimate of drug-likeness (QED) is 0.838. The molecule has 0 bridgehead atoms. The highest BCUT2D eigenvalue weighted by atomic mass is 16.5. The summed E-state index contributed by atoms with van der Waals surface area (Å²) in [6.07, 6.45) is 3.54. The number of nitrogens with one attached hydrogen (secondary N) is 1. The van der Waals surface area contributed by atoms with Gasteiger partial charge in [0.2, 0.25) is 5.91 Å². The molecule has 1 aliphatic carbocycles. The van der Waals surface area contributed by atoms with Crippen molar-refractivity contribution in [3.8, 4) is 5.75 Å². The van der Waals surface area contributed by atoms with E-state index in [1.807, 2.05) is 31.2 Å². The summed E-state index contributed by atoms with van der Waals surface area (Å²) >= 11 is 0. The number of carbonyl (C=O) groups is 2. The van der Waals surface area contributed by atoms with Crippen molar-refractivity contribution in [1.29, 1.82) is 0 Å². The average Bonchev–Trinajstić information content (AvgIpc) is 2.56. The smallest absolute Gasteiger partial charge is 0.306 e. The molecule has 2 N–H and O–H groups in total. The molecular weight excluding hydrogens is 294 g/mol. The standard InChI is InChI=1S/C18H25NO4/c1-3-12(2)23-16-10-8-15(9-11-16)19-17(20)13-4-6-14(7-5-13)18(21)22/h8-14H,3-7H2,1-2H3,(H,19,20)(H,21,22). The van der Waals surface area contributed by atoms with Crippen LogP contribution in [0.15, 0.2) is 24.3 Å². The molecule has 1 aromatic carbocycles. The molecular formula is C18H25NO4. The zero-order valence-electron chi connectivity index (χ0n) is 13.7. The maximum atomic E-state index is 12.3. The van der Waals surface area contributed by atoms with Crippen LogP contribution in [0.1, 0.15) is 46.0 Å². The minimum Gasteiger partial charge on any atom is -0.491 e. The van der Waals surface area contributed by atoms with Crippen molar-refractivity contribution in [3.05, 3.63) is 24.3 Å². The number of anilines is 1. The van der Waals surface area contributed by atoms with Gasteiger partial charge in [0.25, 0.3) is 0 Å². The van der Waals surface area contributed by atoms with E-state index in [-0.39, 0.29) is 23.8 Å². The first kappa shape index (κ1) is 17.3. The zero-order chi connectivity index (χ0) is 16.8. The van der Waals surface area contributed by atoms with Crippen molar-refractivity contribution in [3.63, 3.8) is 0 Å². The predicted octanol–water partition coefficient (Wildman–Crippen LogP) is 3.69. The fraction of sp³-hybridized carbons (Fsp3) is 0.556. The average molecular weight is 319 g/mol. The lowest BCUT2D eigenvalue weighted by Crippen LogP contribution is -2.29. The van der Waals surface area contributed by atoms with Crippen LogP contribution < -0.4 is 10.1 Å². The Labute approximate surface area is 137 Å². The fourth-order valence-electron chi connectivity index (χ4n) is 2.78. The third kappa shape index (κ3) is 4.98. The Morgan fingerprint density at radius 2 is 1.74 bits per heavy atom. The van der Waals surface area contributed by atoms with Gasteiger partial charge in [-0.3, -0.25) is 9.59 Å². The molecule has 5 heteroatoms. The highest BCUT2D eigenvalue weighted by Crippen LogP contribution is 2.30. The van der Waals surface area contributed by atoms with Crippen molar-refractivity contribution < 1.29 is 19.4 Å². The van der Waals surface area contributed by atoms with Crippen LogP contribution in [-0.4, -0.2) is 23.1 Å². The number of rotatable bonds is 6. The van der Waals surface area contributed by atoms with Gasteiger partial charge in [-0.1, -0.05) is 6.92 Å². The number of benzene rings is 1. The third-order valence-corrected chi connectivity index (χ3v) is 4.48. The summed E-state index contributed by atoms with van der Waals surface area (Å²) in [6, 6.07) is 7.36. The molecule has 0 aromatic heterocycles. The van der Waals surface area contributed by atoms with E-state index in [1.165, 1.54) is 0 Å². The maximum absolute atomic E-state index is 12.3. The molecule has 23 heavy (non-hydrogen) atoms. The van der Waals surface area contributed by atoms with Gasteiger partial charge in [-0.05, 0) is 63.3 Å². The van der Waals surface area contributed by atoms with Gasteiger partial charge < -0.3 is 15.2 Å². The van der Waals surface area contributed by atoms with Gasteiger partial charge in [0.1, 0.15) is 5.75 Å². The molecule has 1 unspecified atom stereocenters. The first-order chi connectivity index (χ1) is 11.0. The van der Waals surface area contributed by atoms with Gasteiger partial charge in [-0.15, -0.1) is 0 Å². The molecule has 1 fully saturated rings. The molecule has 1 atom stereocenters. The van der Waals surface area contributed by atoms with Crippen LogP contribution in [0.25, 0.3) is 0 Å². The Bertz CT molecular complexity index is 532. The number of carbonyl (C=O) groups excluding carboxylic acids is 1. The van der Waals surface area contributed by atoms with Crippen LogP contribution in [0.2, 0.25) is 0 Å². The number of aliphatic carboxylic acids is 1. The summed E-state index contributed by atoms with van der Waals surface area (Å²) in [4.78, 5) is 23.2. The van der Waals surface area contributed by atoms with Crippen molar-refractivity contribution in [2.24, 2.45) is 11.8 Å². The second-order valence-corrected chi connectivity index (χ2v) is 6.24. The van der Waals surface area contributed by atoms with E-state index in [0.29, 0.717) is 25.7 Å². The van der Waals surface area contributed by atoms with E-state index in [9.17, 15) is 9.59 Å². The Kier molecular flexibility index (Phi) is 6.02. The van der Waals surface area contributed by atoms with E-state index < -0.39 is 5.97 Å². The fourth-order valence-corrected chi connectivity index (χ4v) is 2.78. The normalized spacial score (nSPS) is 22.2. The minimum atomic E-state index is -0.749. The monoisotopic (exact) mass is 319 g/mol. The van der Waals surface area contributed by atoms with Crippen molar-refractivity contribution >= 4 is 17.6 Å². The van der Waals surface area contributed by atoms with Gasteiger partial charge in [0, 0.05) is 11.6 Å². The highest BCUT2D eigenvalue weighted by molar-refractivity contribution is 5.92. The van der Waals surface area contributed by atoms with E-state index in [4.69, 9.17) is 9.84 Å². The van der Waals surface area contributed by atoms with E-state index >= 15 is 0 Å². The number of hydrogen-bond acceptors (Lipinski definition) is 3. The molecule has 126 valence electrons. The molecule has 0 saturated heterocycles. The Balaban J connectivity index is 1.85. The molecule has 0 aliphatic heterocycles. The van der Waals surface area contributed by atoms with Gasteiger partial charge in [-0.2, -0.15) is 0 Å². The van der Waals surface area contributed by atoms with Gasteiger partial charge in [0.15, 0.2) is 0 Å². The SMILES string of the molecule is CCC(C)Oc1ccc(NC(=O)C2CCC(C(=O)O)CC2)cc1. The second-order valence-electron chi connectivity index (χ2n) is 6.24. The summed E-state index contributed by atoms with van der Waals surface area (Å²) in [7, 11) is 0. The number of carboxylic acid groups (broad SMARTS) is 1. The first-order valence-corrected chi connectivity index (χ1v) is 8.30. The van der Waals surface area contributed by atoms with Gasteiger partial charge >= 0.3 is 5.97 Å². The Hall–Kier alpha value is -2.04. The molecule has 1 aliphatic rings. The van der Waals surface area contributed by atoms with Crippen LogP contribution in [0, 0.1) is 11.8 Å². The predicted molar refractivity (Wildman–Crippen MR) is 88.5 cm³/mol. The zero-order valence-corrected chi connectivity index (χ0v) is 13.7. The maximum Gasteiger partial charge on any atom is 0.306 e. The molecule has 0 radical (unpaired) electrons. The second kappa shape index (κ2) is 7.99. The molecule has 2 rings (SSSR count). The van der Waals surface area contributed by atoms with Crippen LogP contribution in [0.4, 0.5) is 5.69 Å². The molecule has 1 aromatic rings. The van der Waals surface area contributed by atoms with Gasteiger partial charge in [0.05, 0.1) is 12.0 Å². The van der Waals surface area contributed by atoms with E-state index in [2.05, 4.69) is 12.2 Å². The Morgan fingerprint density at radius 3 is 2.26 bits per heavy atom. The van der Waals surface area contributed by atoms with Gasteiger partial charge in [-0.25, -0.2) is 0 Å². The minimum absolute atomic E-state index is 0.0237. The van der Waals surface area contributed by atoms with Crippen LogP contribution >= 0.6 is 0 Å². The van der Waals surface area contributed by atoms with Crippen molar-refractivity contribution in [1.82, 2.24) is 0 Å². The summed E-state index contributed by atoms with van der Waals surface area (Å²) < 4.78 is 5.71. The van der Waals surface area contributed by atoms with E-state index in [0.717, 1.165) is 17.9 Å². The Morgan fingerprint density at radius 1 is 1.17 bits per heavy atom. The number of amides is 1. The summed E-state index contributed by atoms with van der Waals surface area (Å²) in [5.41, 5.74) is 0.742. The largest absolute Gasteiger partial charge is 0.491 e. The molecule has 0 spiro atoms. The lowest BCUT2D eigenvalue weighted by atomic mass is 9.81. The lowest BCUT2D eigenvalue weighted by Gasteiger charge is -2.25. The molecule has 0 heterocycles. The summed E-state index contributed by atoms with van der Waals surface area (Å²) in [5.74, 6) is -0.373. The summed E-state index contributed by atoms with van der Waals surface area (Å²) in [5, 5.41) is 11.9. The molecule has 5 nitrogen and oxygen atoms in total. The van der Waals surface area contributed by atoms with Crippen molar-refractivity contribution in [2.75, 3.05) is 5.32 Å². The number of hydrogen-bond donors (Lipinski definition) is 2. The lowest BCUT2D eigenvalue weighted by molar-refractivity contribution is -0.143. The van der Waals surface area contributed by atoms with Crippen LogP contribution in [0.5, 0.6) is 5.75 Å². The molecule has 1 amide bonds. The topological polar surface area (TPSA) is 75.6 Å². The van der Waals surface area contributed by atoms with Crippen molar-refractivity contribution in [2.45, 2.75) is 52.1 Å². The van der Waals surface area contributed by atoms with Crippen LogP contribution in [-0.2, 0) is 9.59 Å². The highest BCUT2D eigenvalue weighted by Gasteiger charge is 2.29. The van der Waals surface area contributed by atoms with Crippen LogP contribution in [0.3, 0.4) is 0 Å². The summed E-state index contributed by atoms with van der Waals surface area (Å²) in [6.45, 7) is 4.08. The first-order valence-electron chi connectivity index (χ1n) is 8.30. The third-order valence-electron chi connectivity index (χ3n) is 4.48. The number of ether oxygens (including phenoxy) is 1.